The molecule has 1 amide bonds. The van der Waals surface area contributed by atoms with Crippen molar-refractivity contribution in [1.82, 2.24) is 0 Å². The molecule has 0 N–H and O–H groups in total. The van der Waals surface area contributed by atoms with Crippen molar-refractivity contribution in [2.75, 3.05) is 11.9 Å². The van der Waals surface area contributed by atoms with Gasteiger partial charge in [0, 0.05) is 24.6 Å². The van der Waals surface area contributed by atoms with E-state index in [9.17, 15) is 9.59 Å². The molecule has 2 aromatic rings. The molecule has 0 aromatic heterocycles. The van der Waals surface area contributed by atoms with Crippen LogP contribution in [0.2, 0.25) is 0 Å². The number of benzene rings is 2. The molecule has 112 valence electrons. The number of nitrogens with zero attached hydrogens (tertiary/aromatic N) is 1. The van der Waals surface area contributed by atoms with E-state index in [0.717, 1.165) is 5.56 Å². The zero-order valence-corrected chi connectivity index (χ0v) is 12.6. The molecule has 0 radical (unpaired) electrons. The molecule has 22 heavy (non-hydrogen) atoms. The van der Waals surface area contributed by atoms with Crippen LogP contribution in [-0.4, -0.2) is 18.7 Å². The second-order valence-electron chi connectivity index (χ2n) is 5.27. The van der Waals surface area contributed by atoms with Gasteiger partial charge in [-0.3, -0.25) is 9.59 Å². The Balaban J connectivity index is 2.00. The van der Waals surface area contributed by atoms with Crippen LogP contribution in [0.5, 0.6) is 5.75 Å². The maximum Gasteiger partial charge on any atom is 0.272 e. The SMILES string of the molecule is CCC(=O)c1ccc2c(c1)N(C)C(=O)C(c1ccccc1)O2. The Morgan fingerprint density at radius 1 is 1.18 bits per heavy atom. The van der Waals surface area contributed by atoms with E-state index in [4.69, 9.17) is 4.74 Å². The number of Topliss-reactive ketones (excluding diaryl/α,β-unsaturated/α-hetero) is 1. The molecule has 4 heteroatoms. The van der Waals surface area contributed by atoms with Gasteiger partial charge in [0.2, 0.25) is 6.10 Å². The highest BCUT2D eigenvalue weighted by Gasteiger charge is 2.33. The van der Waals surface area contributed by atoms with Gasteiger partial charge in [0.15, 0.2) is 5.78 Å². The molecule has 1 atom stereocenters. The average Bonchev–Trinajstić information content (AvgIpc) is 2.57. The van der Waals surface area contributed by atoms with Crippen LogP contribution in [0.25, 0.3) is 0 Å². The van der Waals surface area contributed by atoms with Crippen LogP contribution in [0, 0.1) is 0 Å². The molecule has 2 aromatic carbocycles. The van der Waals surface area contributed by atoms with Crippen molar-refractivity contribution in [3.63, 3.8) is 0 Å². The molecule has 1 aliphatic heterocycles. The van der Waals surface area contributed by atoms with E-state index in [1.807, 2.05) is 37.3 Å². The first-order valence-corrected chi connectivity index (χ1v) is 7.28. The van der Waals surface area contributed by atoms with Crippen molar-refractivity contribution in [2.45, 2.75) is 19.4 Å². The van der Waals surface area contributed by atoms with Crippen LogP contribution in [0.3, 0.4) is 0 Å². The summed E-state index contributed by atoms with van der Waals surface area (Å²) in [6.45, 7) is 1.82. The molecule has 1 unspecified atom stereocenters. The average molecular weight is 295 g/mol. The number of fused-ring (bicyclic) bond motifs is 1. The van der Waals surface area contributed by atoms with Gasteiger partial charge < -0.3 is 9.64 Å². The number of ether oxygens (including phenoxy) is 1. The van der Waals surface area contributed by atoms with Gasteiger partial charge in [-0.25, -0.2) is 0 Å². The predicted molar refractivity (Wildman–Crippen MR) is 84.3 cm³/mol. The lowest BCUT2D eigenvalue weighted by molar-refractivity contribution is -0.126. The first-order valence-electron chi connectivity index (χ1n) is 7.28. The molecule has 3 rings (SSSR count). The molecule has 1 aliphatic rings. The topological polar surface area (TPSA) is 46.6 Å². The maximum absolute atomic E-state index is 12.6. The predicted octanol–water partition coefficient (Wildman–Crippen LogP) is 3.38. The van der Waals surface area contributed by atoms with Crippen LogP contribution >= 0.6 is 0 Å². The fourth-order valence-electron chi connectivity index (χ4n) is 2.57. The van der Waals surface area contributed by atoms with Gasteiger partial charge in [-0.2, -0.15) is 0 Å². The van der Waals surface area contributed by atoms with Crippen molar-refractivity contribution >= 4 is 17.4 Å². The highest BCUT2D eigenvalue weighted by Crippen LogP contribution is 2.38. The first kappa shape index (κ1) is 14.3. The van der Waals surface area contributed by atoms with Crippen LogP contribution < -0.4 is 9.64 Å². The standard InChI is InChI=1S/C18H17NO3/c1-3-15(20)13-9-10-16-14(11-13)19(2)18(21)17(22-16)12-7-5-4-6-8-12/h4-11,17H,3H2,1-2H3. The second-order valence-corrected chi connectivity index (χ2v) is 5.27. The quantitative estimate of drug-likeness (QED) is 0.816. The molecular formula is C18H17NO3. The molecule has 0 saturated heterocycles. The number of anilines is 1. The van der Waals surface area contributed by atoms with Gasteiger partial charge in [-0.1, -0.05) is 37.3 Å². The Morgan fingerprint density at radius 2 is 1.91 bits per heavy atom. The van der Waals surface area contributed by atoms with E-state index in [2.05, 4.69) is 0 Å². The van der Waals surface area contributed by atoms with E-state index in [0.29, 0.717) is 23.4 Å². The fourth-order valence-corrected chi connectivity index (χ4v) is 2.57. The molecule has 0 aliphatic carbocycles. The van der Waals surface area contributed by atoms with Crippen molar-refractivity contribution in [2.24, 2.45) is 0 Å². The van der Waals surface area contributed by atoms with Gasteiger partial charge in [-0.15, -0.1) is 0 Å². The Labute approximate surface area is 129 Å². The summed E-state index contributed by atoms with van der Waals surface area (Å²) in [6.07, 6.45) is -0.212. The first-order chi connectivity index (χ1) is 10.6. The number of hydrogen-bond acceptors (Lipinski definition) is 3. The third-order valence-corrected chi connectivity index (χ3v) is 3.87. The Kier molecular flexibility index (Phi) is 3.67. The third-order valence-electron chi connectivity index (χ3n) is 3.87. The summed E-state index contributed by atoms with van der Waals surface area (Å²) in [4.78, 5) is 25.9. The minimum atomic E-state index is -0.647. The van der Waals surface area contributed by atoms with E-state index >= 15 is 0 Å². The number of rotatable bonds is 3. The highest BCUT2D eigenvalue weighted by atomic mass is 16.5. The van der Waals surface area contributed by atoms with Crippen molar-refractivity contribution in [1.29, 1.82) is 0 Å². The zero-order valence-electron chi connectivity index (χ0n) is 12.6. The van der Waals surface area contributed by atoms with E-state index in [1.54, 1.807) is 30.1 Å². The molecule has 0 saturated carbocycles. The monoisotopic (exact) mass is 295 g/mol. The fraction of sp³-hybridized carbons (Fsp3) is 0.222. The summed E-state index contributed by atoms with van der Waals surface area (Å²) in [7, 11) is 1.71. The molecule has 1 heterocycles. The number of ketones is 1. The third kappa shape index (κ3) is 2.37. The molecule has 0 bridgehead atoms. The lowest BCUT2D eigenvalue weighted by atomic mass is 10.0. The van der Waals surface area contributed by atoms with Gasteiger partial charge in [-0.05, 0) is 18.2 Å². The minimum Gasteiger partial charge on any atom is -0.474 e. The van der Waals surface area contributed by atoms with Gasteiger partial charge in [0.25, 0.3) is 5.91 Å². The maximum atomic E-state index is 12.6. The normalized spacial score (nSPS) is 16.9. The van der Waals surface area contributed by atoms with Gasteiger partial charge in [0.05, 0.1) is 5.69 Å². The summed E-state index contributed by atoms with van der Waals surface area (Å²) < 4.78 is 5.87. The van der Waals surface area contributed by atoms with Gasteiger partial charge >= 0.3 is 0 Å². The van der Waals surface area contributed by atoms with Crippen molar-refractivity contribution in [3.05, 3.63) is 59.7 Å². The Bertz CT molecular complexity index is 724. The lowest BCUT2D eigenvalue weighted by Crippen LogP contribution is -2.38. The smallest absolute Gasteiger partial charge is 0.272 e. The minimum absolute atomic E-state index is 0.0498. The summed E-state index contributed by atoms with van der Waals surface area (Å²) in [5.74, 6) is 0.525. The van der Waals surface area contributed by atoms with E-state index in [-0.39, 0.29) is 11.7 Å². The number of amides is 1. The van der Waals surface area contributed by atoms with Crippen LogP contribution in [0.4, 0.5) is 5.69 Å². The number of hydrogen-bond donors (Lipinski definition) is 0. The van der Waals surface area contributed by atoms with Crippen molar-refractivity contribution in [3.8, 4) is 5.75 Å². The number of carbonyl (C=O) groups excluding carboxylic acids is 2. The van der Waals surface area contributed by atoms with Crippen molar-refractivity contribution < 1.29 is 14.3 Å². The Morgan fingerprint density at radius 3 is 2.59 bits per heavy atom. The molecule has 4 nitrogen and oxygen atoms in total. The number of likely N-dealkylation sites (N-methyl/N-ethyl adjacent to an activating group) is 1. The van der Waals surface area contributed by atoms with Gasteiger partial charge in [0.1, 0.15) is 5.75 Å². The molecule has 0 fully saturated rings. The lowest BCUT2D eigenvalue weighted by Gasteiger charge is -2.32. The highest BCUT2D eigenvalue weighted by molar-refractivity contribution is 6.03. The molecule has 0 spiro atoms. The second kappa shape index (κ2) is 5.64. The van der Waals surface area contributed by atoms with Crippen LogP contribution in [0.15, 0.2) is 48.5 Å². The summed E-state index contributed by atoms with van der Waals surface area (Å²) >= 11 is 0. The summed E-state index contributed by atoms with van der Waals surface area (Å²) in [5.41, 5.74) is 2.05. The van der Waals surface area contributed by atoms with E-state index < -0.39 is 6.10 Å². The summed E-state index contributed by atoms with van der Waals surface area (Å²) in [5, 5.41) is 0. The van der Waals surface area contributed by atoms with Crippen LogP contribution in [-0.2, 0) is 4.79 Å². The van der Waals surface area contributed by atoms with E-state index in [1.165, 1.54) is 0 Å². The summed E-state index contributed by atoms with van der Waals surface area (Å²) in [6, 6.07) is 14.6. The number of carbonyl (C=O) groups is 2. The zero-order chi connectivity index (χ0) is 15.7. The Hall–Kier alpha value is -2.62. The molecular weight excluding hydrogens is 278 g/mol. The largest absolute Gasteiger partial charge is 0.474 e. The van der Waals surface area contributed by atoms with Crippen LogP contribution in [0.1, 0.15) is 35.4 Å².